The third-order valence-electron chi connectivity index (χ3n) is 2.66. The number of carboxylic acid groups (broad SMARTS) is 1. The van der Waals surface area contributed by atoms with Crippen LogP contribution in [0.1, 0.15) is 26.0 Å². The van der Waals surface area contributed by atoms with Crippen LogP contribution in [-0.4, -0.2) is 39.9 Å². The van der Waals surface area contributed by atoms with Gasteiger partial charge in [-0.05, 0) is 13.8 Å². The lowest BCUT2D eigenvalue weighted by Crippen LogP contribution is -2.42. The van der Waals surface area contributed by atoms with Crippen LogP contribution in [0.5, 0.6) is 0 Å². The number of amides is 3. The first-order valence-electron chi connectivity index (χ1n) is 5.88. The molecule has 0 aliphatic heterocycles. The van der Waals surface area contributed by atoms with E-state index in [9.17, 15) is 14.4 Å². The summed E-state index contributed by atoms with van der Waals surface area (Å²) in [7, 11) is 1.53. The number of carbonyl (C=O) groups excluding carboxylic acids is 2. The van der Waals surface area contributed by atoms with E-state index in [1.54, 1.807) is 10.9 Å². The van der Waals surface area contributed by atoms with E-state index in [4.69, 9.17) is 5.11 Å². The number of urea groups is 1. The molecule has 1 aromatic rings. The van der Waals surface area contributed by atoms with Gasteiger partial charge in [0.1, 0.15) is 0 Å². The fourth-order valence-corrected chi connectivity index (χ4v) is 1.92. The Labute approximate surface area is 120 Å². The van der Waals surface area contributed by atoms with Gasteiger partial charge in [0, 0.05) is 18.8 Å². The van der Waals surface area contributed by atoms with Gasteiger partial charge in [-0.1, -0.05) is 0 Å². The third kappa shape index (κ3) is 4.61. The molecule has 0 atom stereocenters. The highest BCUT2D eigenvalue weighted by Crippen LogP contribution is 2.20. The van der Waals surface area contributed by atoms with Crippen LogP contribution in [0, 0.1) is 5.41 Å². The Hall–Kier alpha value is -1.96. The lowest BCUT2D eigenvalue weighted by atomic mass is 9.89. The second-order valence-corrected chi connectivity index (χ2v) is 5.77. The number of imide groups is 1. The van der Waals surface area contributed by atoms with Crippen molar-refractivity contribution in [3.8, 4) is 0 Å². The molecule has 1 heterocycles. The molecule has 3 amide bonds. The van der Waals surface area contributed by atoms with Crippen molar-refractivity contribution < 1.29 is 19.5 Å². The maximum absolute atomic E-state index is 11.8. The molecule has 0 aromatic carbocycles. The standard InChI is InChI=1S/C12H17N3O4S/c1-12(2,10(17)18)4-9(16)14-11(19)15(3)5-8-6-20-7-13-8/h6-7H,4-5H2,1-3H3,(H,17,18)(H,14,16,19). The van der Waals surface area contributed by atoms with Gasteiger partial charge in [-0.15, -0.1) is 11.3 Å². The number of hydrogen-bond acceptors (Lipinski definition) is 5. The zero-order valence-corrected chi connectivity index (χ0v) is 12.4. The molecular formula is C12H17N3O4S. The van der Waals surface area contributed by atoms with Gasteiger partial charge in [0.25, 0.3) is 0 Å². The predicted molar refractivity (Wildman–Crippen MR) is 73.2 cm³/mol. The molecule has 0 unspecified atom stereocenters. The van der Waals surface area contributed by atoms with Gasteiger partial charge in [0.15, 0.2) is 0 Å². The molecule has 0 radical (unpaired) electrons. The molecule has 0 saturated carbocycles. The van der Waals surface area contributed by atoms with Gasteiger partial charge in [-0.25, -0.2) is 9.78 Å². The fraction of sp³-hybridized carbons (Fsp3) is 0.500. The molecule has 0 spiro atoms. The minimum absolute atomic E-state index is 0.265. The molecule has 20 heavy (non-hydrogen) atoms. The zero-order chi connectivity index (χ0) is 15.3. The normalized spacial score (nSPS) is 10.9. The summed E-state index contributed by atoms with van der Waals surface area (Å²) in [5, 5.41) is 12.9. The molecule has 0 aliphatic carbocycles. The van der Waals surface area contributed by atoms with E-state index in [2.05, 4.69) is 10.3 Å². The lowest BCUT2D eigenvalue weighted by Gasteiger charge is -2.20. The summed E-state index contributed by atoms with van der Waals surface area (Å²) in [6.45, 7) is 3.14. The SMILES string of the molecule is CN(Cc1cscn1)C(=O)NC(=O)CC(C)(C)C(=O)O. The Balaban J connectivity index is 2.49. The average molecular weight is 299 g/mol. The number of aliphatic carboxylic acids is 1. The Morgan fingerprint density at radius 3 is 2.60 bits per heavy atom. The summed E-state index contributed by atoms with van der Waals surface area (Å²) in [6.07, 6.45) is -0.265. The van der Waals surface area contributed by atoms with Crippen LogP contribution in [0.15, 0.2) is 10.9 Å². The Morgan fingerprint density at radius 1 is 1.45 bits per heavy atom. The van der Waals surface area contributed by atoms with E-state index in [-0.39, 0.29) is 13.0 Å². The van der Waals surface area contributed by atoms with Crippen molar-refractivity contribution in [1.82, 2.24) is 15.2 Å². The molecule has 0 aliphatic rings. The summed E-state index contributed by atoms with van der Waals surface area (Å²) in [5.41, 5.74) is 1.17. The highest BCUT2D eigenvalue weighted by molar-refractivity contribution is 7.07. The summed E-state index contributed by atoms with van der Waals surface area (Å²) in [4.78, 5) is 39.6. The van der Waals surface area contributed by atoms with Crippen LogP contribution in [-0.2, 0) is 16.1 Å². The van der Waals surface area contributed by atoms with Crippen molar-refractivity contribution in [2.75, 3.05) is 7.05 Å². The highest BCUT2D eigenvalue weighted by atomic mass is 32.1. The second kappa shape index (κ2) is 6.47. The number of nitrogens with one attached hydrogen (secondary N) is 1. The van der Waals surface area contributed by atoms with Gasteiger partial charge in [0.05, 0.1) is 23.2 Å². The van der Waals surface area contributed by atoms with Gasteiger partial charge in [-0.3, -0.25) is 14.9 Å². The van der Waals surface area contributed by atoms with Crippen molar-refractivity contribution in [2.45, 2.75) is 26.8 Å². The number of carbonyl (C=O) groups is 3. The second-order valence-electron chi connectivity index (χ2n) is 5.05. The first kappa shape index (κ1) is 16.1. The van der Waals surface area contributed by atoms with E-state index in [0.29, 0.717) is 0 Å². The monoisotopic (exact) mass is 299 g/mol. The minimum atomic E-state index is -1.21. The van der Waals surface area contributed by atoms with Crippen molar-refractivity contribution in [3.05, 3.63) is 16.6 Å². The van der Waals surface area contributed by atoms with Gasteiger partial charge >= 0.3 is 12.0 Å². The topological polar surface area (TPSA) is 99.6 Å². The number of nitrogens with zero attached hydrogens (tertiary/aromatic N) is 2. The van der Waals surface area contributed by atoms with Crippen molar-refractivity contribution in [3.63, 3.8) is 0 Å². The number of thiazole rings is 1. The summed E-state index contributed by atoms with van der Waals surface area (Å²) >= 11 is 1.42. The van der Waals surface area contributed by atoms with E-state index < -0.39 is 23.3 Å². The summed E-state index contributed by atoms with van der Waals surface area (Å²) < 4.78 is 0. The van der Waals surface area contributed by atoms with Crippen LogP contribution in [0.4, 0.5) is 4.79 Å². The molecule has 8 heteroatoms. The Bertz CT molecular complexity index is 499. The quantitative estimate of drug-likeness (QED) is 0.854. The highest BCUT2D eigenvalue weighted by Gasteiger charge is 2.31. The molecule has 1 aromatic heterocycles. The van der Waals surface area contributed by atoms with Crippen LogP contribution < -0.4 is 5.32 Å². The number of rotatable bonds is 5. The van der Waals surface area contributed by atoms with E-state index in [1.165, 1.54) is 37.1 Å². The molecule has 1 rings (SSSR count). The zero-order valence-electron chi connectivity index (χ0n) is 11.5. The smallest absolute Gasteiger partial charge is 0.324 e. The molecule has 110 valence electrons. The molecule has 2 N–H and O–H groups in total. The van der Waals surface area contributed by atoms with E-state index in [1.807, 2.05) is 0 Å². The van der Waals surface area contributed by atoms with E-state index >= 15 is 0 Å². The van der Waals surface area contributed by atoms with Crippen molar-refractivity contribution >= 4 is 29.2 Å². The molecular weight excluding hydrogens is 282 g/mol. The number of hydrogen-bond donors (Lipinski definition) is 2. The maximum atomic E-state index is 11.8. The molecule has 7 nitrogen and oxygen atoms in total. The van der Waals surface area contributed by atoms with E-state index in [0.717, 1.165) is 5.69 Å². The average Bonchev–Trinajstić information content (AvgIpc) is 2.80. The summed E-state index contributed by atoms with van der Waals surface area (Å²) in [5.74, 6) is -1.71. The summed E-state index contributed by atoms with van der Waals surface area (Å²) in [6, 6.07) is -0.579. The van der Waals surface area contributed by atoms with Gasteiger partial charge < -0.3 is 10.0 Å². The van der Waals surface area contributed by atoms with Gasteiger partial charge in [-0.2, -0.15) is 0 Å². The van der Waals surface area contributed by atoms with Crippen LogP contribution in [0.2, 0.25) is 0 Å². The number of aromatic nitrogens is 1. The van der Waals surface area contributed by atoms with Crippen molar-refractivity contribution in [2.24, 2.45) is 5.41 Å². The lowest BCUT2D eigenvalue weighted by molar-refractivity contribution is -0.149. The fourth-order valence-electron chi connectivity index (χ4n) is 1.37. The predicted octanol–water partition coefficient (Wildman–Crippen LogP) is 1.31. The molecule has 0 bridgehead atoms. The largest absolute Gasteiger partial charge is 0.481 e. The Morgan fingerprint density at radius 2 is 2.10 bits per heavy atom. The maximum Gasteiger partial charge on any atom is 0.324 e. The Kier molecular flexibility index (Phi) is 5.20. The number of carboxylic acids is 1. The first-order chi connectivity index (χ1) is 9.22. The first-order valence-corrected chi connectivity index (χ1v) is 6.82. The third-order valence-corrected chi connectivity index (χ3v) is 3.29. The van der Waals surface area contributed by atoms with Gasteiger partial charge in [0.2, 0.25) is 5.91 Å². The van der Waals surface area contributed by atoms with Crippen LogP contribution in [0.3, 0.4) is 0 Å². The molecule has 0 fully saturated rings. The molecule has 0 saturated heterocycles. The van der Waals surface area contributed by atoms with Crippen molar-refractivity contribution in [1.29, 1.82) is 0 Å². The minimum Gasteiger partial charge on any atom is -0.481 e. The van der Waals surface area contributed by atoms with Crippen LogP contribution in [0.25, 0.3) is 0 Å². The van der Waals surface area contributed by atoms with Crippen LogP contribution >= 0.6 is 11.3 Å².